The van der Waals surface area contributed by atoms with Crippen LogP contribution < -0.4 is 0 Å². The van der Waals surface area contributed by atoms with Gasteiger partial charge in [0.05, 0.1) is 12.1 Å². The van der Waals surface area contributed by atoms with Crippen molar-refractivity contribution in [2.24, 2.45) is 10.5 Å². The van der Waals surface area contributed by atoms with Crippen LogP contribution in [0.2, 0.25) is 0 Å². The van der Waals surface area contributed by atoms with Gasteiger partial charge in [0.2, 0.25) is 5.91 Å². The molecule has 1 atom stereocenters. The van der Waals surface area contributed by atoms with E-state index in [0.29, 0.717) is 3.05 Å². The minimum absolute atomic E-state index is 0.0912. The third-order valence-electron chi connectivity index (χ3n) is 3.79. The molecule has 28 heavy (non-hydrogen) atoms. The molecule has 0 saturated carbocycles. The first kappa shape index (κ1) is 23.0. The minimum Gasteiger partial charge on any atom is -0.463 e. The van der Waals surface area contributed by atoms with E-state index in [1.54, 1.807) is 20.8 Å². The van der Waals surface area contributed by atoms with Crippen LogP contribution in [0.4, 0.5) is 4.79 Å². The Hall–Kier alpha value is -1.33. The van der Waals surface area contributed by atoms with Crippen molar-refractivity contribution < 1.29 is 19.5 Å². The number of thioether (sulfide) groups is 1. The van der Waals surface area contributed by atoms with Gasteiger partial charge >= 0.3 is 6.09 Å². The summed E-state index contributed by atoms with van der Waals surface area (Å²) in [7, 11) is 0. The number of halogens is 1. The van der Waals surface area contributed by atoms with Crippen molar-refractivity contribution in [2.75, 3.05) is 6.54 Å². The first-order valence-electron chi connectivity index (χ1n) is 8.79. The maximum absolute atomic E-state index is 13.2. The number of hydroxylamine groups is 2. The van der Waals surface area contributed by atoms with E-state index in [1.807, 2.05) is 51.1 Å². The highest BCUT2D eigenvalue weighted by molar-refractivity contribution is 14.1. The summed E-state index contributed by atoms with van der Waals surface area (Å²) >= 11 is 3.41. The van der Waals surface area contributed by atoms with Gasteiger partial charge in [0, 0.05) is 5.41 Å². The second-order valence-electron chi connectivity index (χ2n) is 8.50. The number of nitrogens with zero attached hydrogens (tertiary/aromatic N) is 3. The second-order valence-corrected chi connectivity index (χ2v) is 11.5. The molecule has 1 aromatic rings. The molecule has 1 heterocycles. The molecular weight excluding hydrogens is 493 g/mol. The van der Waals surface area contributed by atoms with Crippen LogP contribution in [0.15, 0.2) is 35.4 Å². The Bertz CT molecular complexity index is 774. The van der Waals surface area contributed by atoms with Crippen LogP contribution in [0, 0.1) is 5.41 Å². The van der Waals surface area contributed by atoms with Crippen LogP contribution in [0.3, 0.4) is 0 Å². The molecule has 154 valence electrons. The lowest BCUT2D eigenvalue weighted by Crippen LogP contribution is -2.54. The van der Waals surface area contributed by atoms with E-state index >= 15 is 0 Å². The summed E-state index contributed by atoms with van der Waals surface area (Å²) < 4.78 is 0.653. The van der Waals surface area contributed by atoms with Gasteiger partial charge in [-0.15, -0.1) is 0 Å². The van der Waals surface area contributed by atoms with Crippen molar-refractivity contribution in [1.82, 2.24) is 10.1 Å². The fourth-order valence-corrected chi connectivity index (χ4v) is 4.98. The first-order valence-corrected chi connectivity index (χ1v) is 10.7. The van der Waals surface area contributed by atoms with Crippen LogP contribution in [0.5, 0.6) is 0 Å². The summed E-state index contributed by atoms with van der Waals surface area (Å²) in [4.78, 5) is 29.8. The van der Waals surface area contributed by atoms with E-state index in [0.717, 1.165) is 10.6 Å². The largest absolute Gasteiger partial charge is 0.463 e. The molecule has 0 fully saturated rings. The van der Waals surface area contributed by atoms with Crippen LogP contribution in [-0.4, -0.2) is 42.4 Å². The quantitative estimate of drug-likeness (QED) is 0.453. The highest BCUT2D eigenvalue weighted by atomic mass is 127. The minimum atomic E-state index is -1.23. The summed E-state index contributed by atoms with van der Waals surface area (Å²) in [6.45, 7) is 10.7. The third kappa shape index (κ3) is 5.18. The Morgan fingerprint density at radius 1 is 1.21 bits per heavy atom. The van der Waals surface area contributed by atoms with Crippen LogP contribution in [-0.2, 0) is 14.5 Å². The van der Waals surface area contributed by atoms with Gasteiger partial charge in [-0.05, 0) is 48.9 Å². The molecule has 1 aliphatic heterocycles. The number of carbonyl (C=O) groups is 2. The normalized spacial score (nSPS) is 20.1. The third-order valence-corrected chi connectivity index (χ3v) is 5.79. The van der Waals surface area contributed by atoms with E-state index < -0.39 is 22.0 Å². The highest BCUT2D eigenvalue weighted by Crippen LogP contribution is 2.49. The average Bonchev–Trinajstić information content (AvgIpc) is 2.89. The molecule has 0 saturated heterocycles. The SMILES string of the molecule is CC(C)(C)ON(CC1(c2ccccc2)SC(I)=NN1C(=O)C(C)(C)C)C(=O)O. The summed E-state index contributed by atoms with van der Waals surface area (Å²) in [6, 6.07) is 9.34. The van der Waals surface area contributed by atoms with E-state index in [2.05, 4.69) is 27.7 Å². The Morgan fingerprint density at radius 2 is 1.79 bits per heavy atom. The lowest BCUT2D eigenvalue weighted by atomic mass is 9.93. The van der Waals surface area contributed by atoms with E-state index in [4.69, 9.17) is 4.84 Å². The Kier molecular flexibility index (Phi) is 6.72. The Labute approximate surface area is 183 Å². The molecule has 2 amide bonds. The summed E-state index contributed by atoms with van der Waals surface area (Å²) in [5.74, 6) is -0.198. The molecule has 0 aliphatic carbocycles. The van der Waals surface area contributed by atoms with Crippen molar-refractivity contribution >= 4 is 49.4 Å². The van der Waals surface area contributed by atoms with Crippen molar-refractivity contribution in [3.63, 3.8) is 0 Å². The number of carbonyl (C=O) groups excluding carboxylic acids is 1. The van der Waals surface area contributed by atoms with E-state index in [-0.39, 0.29) is 12.5 Å². The van der Waals surface area contributed by atoms with Crippen LogP contribution >= 0.6 is 34.4 Å². The molecule has 0 radical (unpaired) electrons. The molecule has 7 nitrogen and oxygen atoms in total. The molecule has 9 heteroatoms. The van der Waals surface area contributed by atoms with Crippen molar-refractivity contribution in [2.45, 2.75) is 52.0 Å². The number of benzene rings is 1. The zero-order valence-electron chi connectivity index (χ0n) is 16.9. The summed E-state index contributed by atoms with van der Waals surface area (Å²) in [6.07, 6.45) is -1.23. The standard InChI is InChI=1S/C19H26IN3O4S/c1-17(2,3)14(24)23-19(28-15(20)21-23,13-10-8-7-9-11-13)12-22(16(25)26)27-18(4,5)6/h7-11H,12H2,1-6H3,(H,25,26). The molecular formula is C19H26IN3O4S. The fraction of sp³-hybridized carbons (Fsp3) is 0.526. The maximum Gasteiger partial charge on any atom is 0.431 e. The summed E-state index contributed by atoms with van der Waals surface area (Å²) in [5.41, 5.74) is -0.631. The predicted molar refractivity (Wildman–Crippen MR) is 119 cm³/mol. The van der Waals surface area contributed by atoms with E-state index in [9.17, 15) is 14.7 Å². The van der Waals surface area contributed by atoms with Crippen molar-refractivity contribution in [3.05, 3.63) is 35.9 Å². The van der Waals surface area contributed by atoms with Crippen molar-refractivity contribution in [3.8, 4) is 0 Å². The molecule has 1 aromatic carbocycles. The maximum atomic E-state index is 13.2. The van der Waals surface area contributed by atoms with Gasteiger partial charge in [0.25, 0.3) is 0 Å². The lowest BCUT2D eigenvalue weighted by molar-refractivity contribution is -0.211. The number of hydrogen-bond acceptors (Lipinski definition) is 5. The lowest BCUT2D eigenvalue weighted by Gasteiger charge is -2.41. The summed E-state index contributed by atoms with van der Waals surface area (Å²) in [5, 5.41) is 16.5. The van der Waals surface area contributed by atoms with Crippen LogP contribution in [0.25, 0.3) is 0 Å². The predicted octanol–water partition coefficient (Wildman–Crippen LogP) is 4.88. The van der Waals surface area contributed by atoms with Gasteiger partial charge in [-0.25, -0.2) is 9.80 Å². The van der Waals surface area contributed by atoms with Gasteiger partial charge < -0.3 is 5.11 Å². The van der Waals surface area contributed by atoms with Gasteiger partial charge in [-0.3, -0.25) is 9.63 Å². The molecule has 1 N–H and O–H groups in total. The number of hydrazone groups is 1. The fourth-order valence-electron chi connectivity index (χ4n) is 2.62. The Balaban J connectivity index is 2.58. The van der Waals surface area contributed by atoms with Gasteiger partial charge in [-0.1, -0.05) is 62.9 Å². The van der Waals surface area contributed by atoms with Gasteiger partial charge in [0.1, 0.15) is 0 Å². The average molecular weight is 519 g/mol. The topological polar surface area (TPSA) is 82.4 Å². The number of amides is 2. The van der Waals surface area contributed by atoms with Gasteiger partial charge in [0.15, 0.2) is 7.92 Å². The molecule has 0 aromatic heterocycles. The van der Waals surface area contributed by atoms with Crippen molar-refractivity contribution in [1.29, 1.82) is 0 Å². The molecule has 2 rings (SSSR count). The van der Waals surface area contributed by atoms with Crippen LogP contribution in [0.1, 0.15) is 47.1 Å². The zero-order chi connectivity index (χ0) is 21.3. The number of rotatable bonds is 4. The number of carboxylic acid groups (broad SMARTS) is 1. The highest BCUT2D eigenvalue weighted by Gasteiger charge is 2.52. The monoisotopic (exact) mass is 519 g/mol. The second kappa shape index (κ2) is 8.19. The number of hydrogen-bond donors (Lipinski definition) is 1. The zero-order valence-corrected chi connectivity index (χ0v) is 19.9. The molecule has 1 aliphatic rings. The van der Waals surface area contributed by atoms with Gasteiger partial charge in [-0.2, -0.15) is 10.2 Å². The molecule has 0 spiro atoms. The Morgan fingerprint density at radius 3 is 2.25 bits per heavy atom. The smallest absolute Gasteiger partial charge is 0.431 e. The molecule has 1 unspecified atom stereocenters. The first-order chi connectivity index (χ1) is 12.8. The van der Waals surface area contributed by atoms with E-state index in [1.165, 1.54) is 16.8 Å². The molecule has 0 bridgehead atoms.